The van der Waals surface area contributed by atoms with Gasteiger partial charge in [0.2, 0.25) is 0 Å². The first-order valence-electron chi connectivity index (χ1n) is 7.18. The molecule has 0 aromatic heterocycles. The molecule has 1 aliphatic carbocycles. The van der Waals surface area contributed by atoms with Gasteiger partial charge >= 0.3 is 0 Å². The highest BCUT2D eigenvalue weighted by molar-refractivity contribution is 5.34. The maximum absolute atomic E-state index is 14.5. The summed E-state index contributed by atoms with van der Waals surface area (Å²) in [7, 11) is 1.52. The highest BCUT2D eigenvalue weighted by Crippen LogP contribution is 2.48. The van der Waals surface area contributed by atoms with Gasteiger partial charge in [0.25, 0.3) is 0 Å². The summed E-state index contributed by atoms with van der Waals surface area (Å²) in [5.74, 6) is 0.117. The van der Waals surface area contributed by atoms with Crippen molar-refractivity contribution in [3.05, 3.63) is 29.6 Å². The molecule has 0 radical (unpaired) electrons. The largest absolute Gasteiger partial charge is 0.494 e. The number of halogens is 1. The molecule has 1 unspecified atom stereocenters. The lowest BCUT2D eigenvalue weighted by Crippen LogP contribution is -2.35. The monoisotopic (exact) mass is 265 g/mol. The highest BCUT2D eigenvalue weighted by Gasteiger charge is 2.38. The topological polar surface area (TPSA) is 21.3 Å². The van der Waals surface area contributed by atoms with Crippen LogP contribution >= 0.6 is 0 Å². The molecule has 1 saturated carbocycles. The van der Waals surface area contributed by atoms with Gasteiger partial charge in [-0.1, -0.05) is 38.8 Å². The summed E-state index contributed by atoms with van der Waals surface area (Å²) in [6.07, 6.45) is 4.79. The number of rotatable bonds is 5. The van der Waals surface area contributed by atoms with E-state index < -0.39 is 0 Å². The van der Waals surface area contributed by atoms with Crippen LogP contribution in [-0.4, -0.2) is 13.7 Å². The van der Waals surface area contributed by atoms with Crippen LogP contribution in [0.4, 0.5) is 4.39 Å². The fourth-order valence-electron chi connectivity index (χ4n) is 3.32. The van der Waals surface area contributed by atoms with Crippen LogP contribution in [-0.2, 0) is 0 Å². The number of hydrogen-bond donors (Lipinski definition) is 1. The Labute approximate surface area is 115 Å². The van der Waals surface area contributed by atoms with Gasteiger partial charge in [0.1, 0.15) is 0 Å². The first kappa shape index (κ1) is 14.3. The average molecular weight is 265 g/mol. The lowest BCUT2D eigenvalue weighted by Gasteiger charge is -2.35. The summed E-state index contributed by atoms with van der Waals surface area (Å²) in [4.78, 5) is 0. The second-order valence-electron chi connectivity index (χ2n) is 5.72. The molecule has 2 rings (SSSR count). The zero-order valence-corrected chi connectivity index (χ0v) is 12.1. The van der Waals surface area contributed by atoms with Crippen molar-refractivity contribution in [2.45, 2.75) is 45.6 Å². The lowest BCUT2D eigenvalue weighted by molar-refractivity contribution is 0.220. The van der Waals surface area contributed by atoms with Crippen molar-refractivity contribution in [1.29, 1.82) is 0 Å². The molecular weight excluding hydrogens is 241 g/mol. The van der Waals surface area contributed by atoms with Gasteiger partial charge in [-0.25, -0.2) is 4.39 Å². The van der Waals surface area contributed by atoms with E-state index in [1.165, 1.54) is 20.0 Å². The Morgan fingerprint density at radius 3 is 2.63 bits per heavy atom. The quantitative estimate of drug-likeness (QED) is 0.866. The van der Waals surface area contributed by atoms with Crippen LogP contribution in [0.15, 0.2) is 18.2 Å². The van der Waals surface area contributed by atoms with Crippen LogP contribution in [0.2, 0.25) is 0 Å². The fourth-order valence-corrected chi connectivity index (χ4v) is 3.32. The highest BCUT2D eigenvalue weighted by atomic mass is 19.1. The number of nitrogens with one attached hydrogen (secondary N) is 1. The smallest absolute Gasteiger partial charge is 0.169 e. The lowest BCUT2D eigenvalue weighted by atomic mass is 9.77. The molecule has 3 heteroatoms. The van der Waals surface area contributed by atoms with Gasteiger partial charge in [0.05, 0.1) is 7.11 Å². The predicted molar refractivity (Wildman–Crippen MR) is 75.9 cm³/mol. The Morgan fingerprint density at radius 2 is 2.05 bits per heavy atom. The van der Waals surface area contributed by atoms with Crippen LogP contribution in [0, 0.1) is 11.2 Å². The third-order valence-corrected chi connectivity index (χ3v) is 4.38. The van der Waals surface area contributed by atoms with E-state index >= 15 is 0 Å². The number of ether oxygens (including phenoxy) is 1. The normalized spacial score (nSPS) is 19.4. The summed E-state index contributed by atoms with van der Waals surface area (Å²) < 4.78 is 19.6. The van der Waals surface area contributed by atoms with Gasteiger partial charge in [-0.2, -0.15) is 0 Å². The van der Waals surface area contributed by atoms with Crippen molar-refractivity contribution in [3.8, 4) is 5.75 Å². The molecule has 1 aromatic rings. The first-order chi connectivity index (χ1) is 9.12. The number of benzene rings is 1. The molecule has 19 heavy (non-hydrogen) atoms. The molecule has 0 aliphatic heterocycles. The molecule has 0 spiro atoms. The van der Waals surface area contributed by atoms with E-state index in [1.807, 2.05) is 12.1 Å². The minimum absolute atomic E-state index is 0.0649. The fraction of sp³-hybridized carbons (Fsp3) is 0.625. The summed E-state index contributed by atoms with van der Waals surface area (Å²) in [5, 5.41) is 3.48. The second-order valence-corrected chi connectivity index (χ2v) is 5.72. The Bertz CT molecular complexity index is 427. The molecule has 0 bridgehead atoms. The Morgan fingerprint density at radius 1 is 1.37 bits per heavy atom. The van der Waals surface area contributed by atoms with Crippen molar-refractivity contribution in [2.75, 3.05) is 13.7 Å². The molecule has 0 amide bonds. The van der Waals surface area contributed by atoms with Crippen molar-refractivity contribution < 1.29 is 9.13 Å². The van der Waals surface area contributed by atoms with E-state index in [4.69, 9.17) is 4.74 Å². The average Bonchev–Trinajstić information content (AvgIpc) is 2.85. The van der Waals surface area contributed by atoms with Gasteiger partial charge in [-0.3, -0.25) is 0 Å². The molecule has 1 aromatic carbocycles. The molecule has 1 fully saturated rings. The van der Waals surface area contributed by atoms with Crippen molar-refractivity contribution >= 4 is 0 Å². The van der Waals surface area contributed by atoms with Crippen molar-refractivity contribution in [3.63, 3.8) is 0 Å². The molecule has 1 aliphatic rings. The summed E-state index contributed by atoms with van der Waals surface area (Å²) in [6, 6.07) is 5.50. The number of hydrogen-bond acceptors (Lipinski definition) is 2. The summed E-state index contributed by atoms with van der Waals surface area (Å²) >= 11 is 0. The van der Waals surface area contributed by atoms with E-state index in [0.717, 1.165) is 24.9 Å². The summed E-state index contributed by atoms with van der Waals surface area (Å²) in [5.41, 5.74) is 0.883. The maximum Gasteiger partial charge on any atom is 0.169 e. The molecule has 106 valence electrons. The number of methoxy groups -OCH3 is 1. The van der Waals surface area contributed by atoms with Gasteiger partial charge in [-0.05, 0) is 30.9 Å². The van der Waals surface area contributed by atoms with Crippen molar-refractivity contribution in [2.24, 2.45) is 5.41 Å². The van der Waals surface area contributed by atoms with Gasteiger partial charge in [-0.15, -0.1) is 0 Å². The summed E-state index contributed by atoms with van der Waals surface area (Å²) in [6.45, 7) is 5.19. The van der Waals surface area contributed by atoms with Crippen LogP contribution in [0.1, 0.15) is 51.1 Å². The van der Waals surface area contributed by atoms with E-state index in [-0.39, 0.29) is 17.3 Å². The molecule has 1 atom stereocenters. The molecule has 0 saturated heterocycles. The third-order valence-electron chi connectivity index (χ3n) is 4.38. The van der Waals surface area contributed by atoms with E-state index in [0.29, 0.717) is 5.75 Å². The van der Waals surface area contributed by atoms with E-state index in [2.05, 4.69) is 19.2 Å². The molecule has 0 heterocycles. The Hall–Kier alpha value is -1.09. The third kappa shape index (κ3) is 2.76. The maximum atomic E-state index is 14.5. The zero-order valence-electron chi connectivity index (χ0n) is 12.1. The van der Waals surface area contributed by atoms with Crippen molar-refractivity contribution in [1.82, 2.24) is 5.32 Å². The van der Waals surface area contributed by atoms with Gasteiger partial charge in [0.15, 0.2) is 11.6 Å². The minimum Gasteiger partial charge on any atom is -0.494 e. The van der Waals surface area contributed by atoms with Crippen LogP contribution in [0.5, 0.6) is 5.75 Å². The first-order valence-corrected chi connectivity index (χ1v) is 7.18. The Balaban J connectivity index is 2.39. The molecular formula is C16H24FNO. The van der Waals surface area contributed by atoms with Gasteiger partial charge < -0.3 is 10.1 Å². The molecule has 2 nitrogen and oxygen atoms in total. The van der Waals surface area contributed by atoms with E-state index in [1.54, 1.807) is 6.07 Å². The minimum atomic E-state index is -0.218. The van der Waals surface area contributed by atoms with E-state index in [9.17, 15) is 4.39 Å². The van der Waals surface area contributed by atoms with Gasteiger partial charge in [0, 0.05) is 11.6 Å². The zero-order chi connectivity index (χ0) is 13.9. The van der Waals surface area contributed by atoms with Crippen LogP contribution < -0.4 is 10.1 Å². The SMILES string of the molecule is CCNC(c1cccc(OC)c1F)C1(C)CCCC1. The predicted octanol–water partition coefficient (Wildman–Crippen LogP) is 4.07. The van der Waals surface area contributed by atoms with Crippen LogP contribution in [0.3, 0.4) is 0 Å². The standard InChI is InChI=1S/C16H24FNO/c1-4-18-15(16(2)10-5-6-11-16)12-8-7-9-13(19-3)14(12)17/h7-9,15,18H,4-6,10-11H2,1-3H3. The molecule has 1 N–H and O–H groups in total. The van der Waals surface area contributed by atoms with Crippen LogP contribution in [0.25, 0.3) is 0 Å². The second kappa shape index (κ2) is 5.91. The Kier molecular flexibility index (Phi) is 4.46.